The minimum Gasteiger partial charge on any atom is -0.378 e. The van der Waals surface area contributed by atoms with Gasteiger partial charge in [-0.05, 0) is 31.5 Å². The van der Waals surface area contributed by atoms with Crippen LogP contribution in [0.5, 0.6) is 0 Å². The van der Waals surface area contributed by atoms with Crippen LogP contribution in [0, 0.1) is 17.0 Å². The Kier molecular flexibility index (Phi) is 3.87. The Balaban J connectivity index is 2.51. The van der Waals surface area contributed by atoms with Gasteiger partial charge < -0.3 is 5.73 Å². The van der Waals surface area contributed by atoms with E-state index in [-0.39, 0.29) is 23.2 Å². The molecule has 0 spiro atoms. The number of nitrogens with zero attached hydrogens (tertiary/aromatic N) is 3. The largest absolute Gasteiger partial charge is 0.378 e. The average Bonchev–Trinajstić information content (AvgIpc) is 2.64. The molecule has 2 aromatic rings. The smallest absolute Gasteiger partial charge is 0.333 e. The number of hydrogen-bond acceptors (Lipinski definition) is 4. The predicted molar refractivity (Wildman–Crippen MR) is 78.3 cm³/mol. The highest BCUT2D eigenvalue weighted by Crippen LogP contribution is 2.33. The number of hydrogen-bond donors (Lipinski definition) is 1. The second-order valence-electron chi connectivity index (χ2n) is 4.36. The van der Waals surface area contributed by atoms with E-state index in [0.717, 1.165) is 5.56 Å². The molecule has 0 aliphatic heterocycles. The molecular weight excluding hydrogens is 303 g/mol. The highest BCUT2D eigenvalue weighted by Gasteiger charge is 2.26. The van der Waals surface area contributed by atoms with Gasteiger partial charge in [-0.2, -0.15) is 5.10 Å². The van der Waals surface area contributed by atoms with Crippen molar-refractivity contribution in [2.45, 2.75) is 19.9 Å². The molecule has 0 saturated carbocycles. The zero-order valence-electron chi connectivity index (χ0n) is 10.8. The van der Waals surface area contributed by atoms with E-state index in [0.29, 0.717) is 10.0 Å². The van der Waals surface area contributed by atoms with Crippen LogP contribution in [0.2, 0.25) is 10.0 Å². The van der Waals surface area contributed by atoms with Gasteiger partial charge in [-0.25, -0.2) is 4.68 Å². The van der Waals surface area contributed by atoms with Gasteiger partial charge in [0.25, 0.3) is 0 Å². The molecule has 1 aromatic carbocycles. The summed E-state index contributed by atoms with van der Waals surface area (Å²) in [5.74, 6) is 0.00557. The van der Waals surface area contributed by atoms with Crippen LogP contribution in [0.1, 0.15) is 24.2 Å². The number of rotatable bonds is 3. The standard InChI is InChI=1S/C12H12Cl2N4O2/c1-6-11(18(19)20)12(15)17(16-6)7(2)9-4-3-8(13)5-10(9)14/h3-5,7H,15H2,1-2H3. The normalized spacial score (nSPS) is 12.4. The number of aromatic nitrogens is 2. The van der Waals surface area contributed by atoms with Crippen molar-refractivity contribution in [3.63, 3.8) is 0 Å². The summed E-state index contributed by atoms with van der Waals surface area (Å²) in [7, 11) is 0. The van der Waals surface area contributed by atoms with Crippen molar-refractivity contribution in [1.82, 2.24) is 9.78 Å². The number of aryl methyl sites for hydroxylation is 1. The first kappa shape index (κ1) is 14.6. The number of benzene rings is 1. The Morgan fingerprint density at radius 2 is 2.10 bits per heavy atom. The molecule has 0 aliphatic carbocycles. The Morgan fingerprint density at radius 1 is 1.45 bits per heavy atom. The van der Waals surface area contributed by atoms with E-state index >= 15 is 0 Å². The van der Waals surface area contributed by atoms with Gasteiger partial charge in [0.05, 0.1) is 11.0 Å². The third-order valence-corrected chi connectivity index (χ3v) is 3.61. The van der Waals surface area contributed by atoms with Gasteiger partial charge in [0.15, 0.2) is 0 Å². The maximum atomic E-state index is 11.0. The molecule has 0 saturated heterocycles. The molecular formula is C12H12Cl2N4O2. The van der Waals surface area contributed by atoms with Crippen molar-refractivity contribution in [1.29, 1.82) is 0 Å². The number of halogens is 2. The van der Waals surface area contributed by atoms with E-state index in [4.69, 9.17) is 28.9 Å². The van der Waals surface area contributed by atoms with Crippen molar-refractivity contribution in [2.24, 2.45) is 0 Å². The Hall–Kier alpha value is -1.79. The Morgan fingerprint density at radius 3 is 2.60 bits per heavy atom. The van der Waals surface area contributed by atoms with E-state index in [1.165, 1.54) is 4.68 Å². The number of nitrogens with two attached hydrogens (primary N) is 1. The van der Waals surface area contributed by atoms with Crippen molar-refractivity contribution in [3.8, 4) is 0 Å². The minimum atomic E-state index is -0.537. The zero-order valence-corrected chi connectivity index (χ0v) is 12.3. The Labute approximate surface area is 125 Å². The highest BCUT2D eigenvalue weighted by atomic mass is 35.5. The molecule has 8 heteroatoms. The fourth-order valence-electron chi connectivity index (χ4n) is 2.05. The summed E-state index contributed by atoms with van der Waals surface area (Å²) in [6, 6.07) is 4.71. The van der Waals surface area contributed by atoms with Crippen LogP contribution in [0.15, 0.2) is 18.2 Å². The molecule has 0 fully saturated rings. The molecule has 106 valence electrons. The van der Waals surface area contributed by atoms with Gasteiger partial charge in [0, 0.05) is 10.0 Å². The van der Waals surface area contributed by atoms with Crippen LogP contribution >= 0.6 is 23.2 Å². The van der Waals surface area contributed by atoms with Crippen LogP contribution in [-0.4, -0.2) is 14.7 Å². The average molecular weight is 315 g/mol. The van der Waals surface area contributed by atoms with Gasteiger partial charge in [-0.1, -0.05) is 29.3 Å². The molecule has 0 amide bonds. The van der Waals surface area contributed by atoms with Gasteiger partial charge in [-0.15, -0.1) is 0 Å². The van der Waals surface area contributed by atoms with Crippen LogP contribution in [-0.2, 0) is 0 Å². The zero-order chi connectivity index (χ0) is 15.0. The lowest BCUT2D eigenvalue weighted by Gasteiger charge is -2.15. The molecule has 2 rings (SSSR count). The van der Waals surface area contributed by atoms with E-state index in [1.54, 1.807) is 25.1 Å². The fourth-order valence-corrected chi connectivity index (χ4v) is 2.62. The van der Waals surface area contributed by atoms with Crippen LogP contribution in [0.25, 0.3) is 0 Å². The molecule has 0 bridgehead atoms. The quantitative estimate of drug-likeness (QED) is 0.692. The summed E-state index contributed by atoms with van der Waals surface area (Å²) in [5.41, 5.74) is 6.64. The lowest BCUT2D eigenvalue weighted by atomic mass is 10.1. The summed E-state index contributed by atoms with van der Waals surface area (Å²) in [5, 5.41) is 16.1. The molecule has 6 nitrogen and oxygen atoms in total. The minimum absolute atomic E-state index is 0.00557. The van der Waals surface area contributed by atoms with Crippen LogP contribution < -0.4 is 5.73 Å². The lowest BCUT2D eigenvalue weighted by molar-refractivity contribution is -0.384. The molecule has 1 heterocycles. The number of anilines is 1. The van der Waals surface area contributed by atoms with Crippen LogP contribution in [0.3, 0.4) is 0 Å². The summed E-state index contributed by atoms with van der Waals surface area (Å²) < 4.78 is 1.39. The van der Waals surface area contributed by atoms with Crippen molar-refractivity contribution in [2.75, 3.05) is 5.73 Å². The van der Waals surface area contributed by atoms with Gasteiger partial charge in [0.1, 0.15) is 5.69 Å². The summed E-state index contributed by atoms with van der Waals surface area (Å²) in [4.78, 5) is 10.4. The van der Waals surface area contributed by atoms with E-state index < -0.39 is 4.92 Å². The topological polar surface area (TPSA) is 87.0 Å². The second-order valence-corrected chi connectivity index (χ2v) is 5.21. The summed E-state index contributed by atoms with van der Waals surface area (Å²) in [6.07, 6.45) is 0. The molecule has 1 aromatic heterocycles. The Bertz CT molecular complexity index is 684. The van der Waals surface area contributed by atoms with E-state index in [1.807, 2.05) is 6.92 Å². The molecule has 1 atom stereocenters. The molecule has 0 aliphatic rings. The van der Waals surface area contributed by atoms with Gasteiger partial charge >= 0.3 is 5.69 Å². The monoisotopic (exact) mass is 314 g/mol. The first-order valence-corrected chi connectivity index (χ1v) is 6.52. The second kappa shape index (κ2) is 5.30. The molecule has 2 N–H and O–H groups in total. The lowest BCUT2D eigenvalue weighted by Crippen LogP contribution is -2.12. The molecule has 0 radical (unpaired) electrons. The summed E-state index contributed by atoms with van der Waals surface area (Å²) in [6.45, 7) is 3.35. The fraction of sp³-hybridized carbons (Fsp3) is 0.250. The number of nitrogen functional groups attached to an aromatic ring is 1. The highest BCUT2D eigenvalue weighted by molar-refractivity contribution is 6.35. The molecule has 1 unspecified atom stereocenters. The van der Waals surface area contributed by atoms with Crippen molar-refractivity contribution in [3.05, 3.63) is 49.6 Å². The predicted octanol–water partition coefficient (Wildman–Crippen LogP) is 3.60. The van der Waals surface area contributed by atoms with E-state index in [9.17, 15) is 10.1 Å². The molecule has 20 heavy (non-hydrogen) atoms. The van der Waals surface area contributed by atoms with Crippen LogP contribution in [0.4, 0.5) is 11.5 Å². The summed E-state index contributed by atoms with van der Waals surface area (Å²) >= 11 is 12.0. The number of nitro groups is 1. The van der Waals surface area contributed by atoms with Gasteiger partial charge in [-0.3, -0.25) is 10.1 Å². The first-order chi connectivity index (χ1) is 9.32. The third-order valence-electron chi connectivity index (χ3n) is 3.05. The van der Waals surface area contributed by atoms with Gasteiger partial charge in [0.2, 0.25) is 5.82 Å². The first-order valence-electron chi connectivity index (χ1n) is 5.76. The third kappa shape index (κ3) is 2.44. The SMILES string of the molecule is Cc1nn(C(C)c2ccc(Cl)cc2Cl)c(N)c1[N+](=O)[O-]. The maximum absolute atomic E-state index is 11.0. The van der Waals surface area contributed by atoms with E-state index in [2.05, 4.69) is 5.10 Å². The maximum Gasteiger partial charge on any atom is 0.333 e. The van der Waals surface area contributed by atoms with Crippen molar-refractivity contribution >= 4 is 34.7 Å². The van der Waals surface area contributed by atoms with Crippen molar-refractivity contribution < 1.29 is 4.92 Å².